The average Bonchev–Trinajstić information content (AvgIpc) is 3.82. The number of rotatable bonds is 4. The van der Waals surface area contributed by atoms with Crippen molar-refractivity contribution in [3.8, 4) is 39.9 Å². The van der Waals surface area contributed by atoms with Crippen molar-refractivity contribution >= 4 is 85.6 Å². The van der Waals surface area contributed by atoms with E-state index >= 15 is 0 Å². The number of fused-ring (bicyclic) bond motifs is 12. The first kappa shape index (κ1) is 31.2. The molecule has 0 atom stereocenters. The minimum Gasteiger partial charge on any atom is -0.309 e. The van der Waals surface area contributed by atoms with Crippen LogP contribution in [0.3, 0.4) is 0 Å². The maximum absolute atomic E-state index is 5.46. The van der Waals surface area contributed by atoms with Crippen molar-refractivity contribution in [1.82, 2.24) is 19.5 Å². The molecule has 12 aromatic rings. The maximum atomic E-state index is 5.46. The van der Waals surface area contributed by atoms with Gasteiger partial charge in [0.25, 0.3) is 0 Å². The van der Waals surface area contributed by atoms with E-state index in [4.69, 9.17) is 15.0 Å². The van der Waals surface area contributed by atoms with Gasteiger partial charge in [-0.2, -0.15) is 0 Å². The van der Waals surface area contributed by atoms with Crippen LogP contribution in [-0.2, 0) is 0 Å². The predicted molar refractivity (Wildman–Crippen MR) is 236 cm³/mol. The van der Waals surface area contributed by atoms with Crippen LogP contribution in [0.4, 0.5) is 0 Å². The first-order valence-corrected chi connectivity index (χ1v) is 19.7. The standard InChI is InChI=1S/C51H30N4S/c1-3-15-31(16-4-1)49-52-50(41-29-32-17-7-8-20-34(32)35-21-9-10-22-36(35)41)54-51(53-49)42-30-44-46(40-24-11-13-25-43(40)55(44)33-18-5-2-6-19-33)47-38(42)27-28-39-37-23-12-14-26-45(37)56-48(39)47/h1-30H. The van der Waals surface area contributed by atoms with Gasteiger partial charge in [-0.25, -0.2) is 15.0 Å². The number of aromatic nitrogens is 4. The lowest BCUT2D eigenvalue weighted by Gasteiger charge is -2.15. The molecule has 4 nitrogen and oxygen atoms in total. The van der Waals surface area contributed by atoms with Gasteiger partial charge in [0.1, 0.15) is 0 Å². The minimum atomic E-state index is 0.641. The lowest BCUT2D eigenvalue weighted by molar-refractivity contribution is 1.08. The summed E-state index contributed by atoms with van der Waals surface area (Å²) in [4.78, 5) is 16.1. The molecule has 3 aromatic heterocycles. The van der Waals surface area contributed by atoms with Gasteiger partial charge in [-0.3, -0.25) is 0 Å². The Bertz CT molecular complexity index is 3530. The summed E-state index contributed by atoms with van der Waals surface area (Å²) in [5.74, 6) is 1.93. The first-order valence-electron chi connectivity index (χ1n) is 18.9. The van der Waals surface area contributed by atoms with Gasteiger partial charge in [0.2, 0.25) is 0 Å². The molecule has 0 unspecified atom stereocenters. The lowest BCUT2D eigenvalue weighted by Crippen LogP contribution is -2.02. The SMILES string of the molecule is c1ccc(-c2nc(-c3cc4ccccc4c4ccccc34)nc(-c3cc4c(c5ccccc5n4-c4ccccc4)c4c3ccc3c5ccccc5sc34)n2)cc1. The number of nitrogens with zero attached hydrogens (tertiary/aromatic N) is 4. The van der Waals surface area contributed by atoms with Crippen LogP contribution in [0.5, 0.6) is 0 Å². The van der Waals surface area contributed by atoms with Gasteiger partial charge in [0.05, 0.1) is 11.0 Å². The van der Waals surface area contributed by atoms with E-state index in [0.717, 1.165) is 49.6 Å². The molecule has 0 spiro atoms. The van der Waals surface area contributed by atoms with Gasteiger partial charge < -0.3 is 4.57 Å². The van der Waals surface area contributed by atoms with Crippen LogP contribution in [0, 0.1) is 0 Å². The molecule has 0 bridgehead atoms. The molecule has 0 aliphatic rings. The number of thiophene rings is 1. The Hall–Kier alpha value is -7.21. The van der Waals surface area contributed by atoms with E-state index in [1.54, 1.807) is 0 Å². The molecule has 5 heteroatoms. The summed E-state index contributed by atoms with van der Waals surface area (Å²) in [5, 5.41) is 12.0. The van der Waals surface area contributed by atoms with Crippen LogP contribution < -0.4 is 0 Å². The number of hydrogen-bond donors (Lipinski definition) is 0. The predicted octanol–water partition coefficient (Wildman–Crippen LogP) is 13.8. The average molecular weight is 731 g/mol. The fraction of sp³-hybridized carbons (Fsp3) is 0. The van der Waals surface area contributed by atoms with E-state index in [9.17, 15) is 0 Å². The van der Waals surface area contributed by atoms with Gasteiger partial charge >= 0.3 is 0 Å². The minimum absolute atomic E-state index is 0.641. The summed E-state index contributed by atoms with van der Waals surface area (Å²) >= 11 is 1.86. The molecule has 260 valence electrons. The molecule has 12 rings (SSSR count). The zero-order chi connectivity index (χ0) is 36.7. The highest BCUT2D eigenvalue weighted by atomic mass is 32.1. The number of benzene rings is 9. The number of para-hydroxylation sites is 2. The van der Waals surface area contributed by atoms with Crippen LogP contribution in [0.2, 0.25) is 0 Å². The summed E-state index contributed by atoms with van der Waals surface area (Å²) in [5.41, 5.74) is 6.28. The third-order valence-electron chi connectivity index (χ3n) is 11.2. The van der Waals surface area contributed by atoms with Crippen LogP contribution in [0.1, 0.15) is 0 Å². The topological polar surface area (TPSA) is 43.6 Å². The molecule has 56 heavy (non-hydrogen) atoms. The van der Waals surface area contributed by atoms with Crippen molar-refractivity contribution in [3.05, 3.63) is 182 Å². The second-order valence-corrected chi connectivity index (χ2v) is 15.4. The third-order valence-corrected chi connectivity index (χ3v) is 12.4. The van der Waals surface area contributed by atoms with E-state index < -0.39 is 0 Å². The number of hydrogen-bond acceptors (Lipinski definition) is 4. The molecular weight excluding hydrogens is 701 g/mol. The second kappa shape index (κ2) is 12.2. The largest absolute Gasteiger partial charge is 0.309 e. The Kier molecular flexibility index (Phi) is 6.76. The quantitative estimate of drug-likeness (QED) is 0.169. The summed E-state index contributed by atoms with van der Waals surface area (Å²) in [7, 11) is 0. The van der Waals surface area contributed by atoms with Crippen LogP contribution in [-0.4, -0.2) is 19.5 Å². The fourth-order valence-corrected chi connectivity index (χ4v) is 10.0. The van der Waals surface area contributed by atoms with Crippen molar-refractivity contribution in [2.24, 2.45) is 0 Å². The van der Waals surface area contributed by atoms with Gasteiger partial charge in [0, 0.05) is 58.7 Å². The monoisotopic (exact) mass is 730 g/mol. The van der Waals surface area contributed by atoms with E-state index in [-0.39, 0.29) is 0 Å². The van der Waals surface area contributed by atoms with Gasteiger partial charge in [-0.05, 0) is 63.3 Å². The molecule has 0 N–H and O–H groups in total. The normalized spacial score (nSPS) is 11.9. The van der Waals surface area contributed by atoms with Crippen molar-refractivity contribution in [1.29, 1.82) is 0 Å². The smallest absolute Gasteiger partial charge is 0.164 e. The Morgan fingerprint density at radius 1 is 0.375 bits per heavy atom. The van der Waals surface area contributed by atoms with Gasteiger partial charge in [0.15, 0.2) is 17.5 Å². The van der Waals surface area contributed by atoms with Crippen molar-refractivity contribution in [3.63, 3.8) is 0 Å². The molecule has 0 aliphatic heterocycles. The maximum Gasteiger partial charge on any atom is 0.164 e. The summed E-state index contributed by atoms with van der Waals surface area (Å²) < 4.78 is 4.94. The van der Waals surface area contributed by atoms with E-state index in [0.29, 0.717) is 17.5 Å². The van der Waals surface area contributed by atoms with Crippen LogP contribution in [0.15, 0.2) is 182 Å². The third kappa shape index (κ3) is 4.62. The van der Waals surface area contributed by atoms with Gasteiger partial charge in [-0.1, -0.05) is 146 Å². The van der Waals surface area contributed by atoms with E-state index in [2.05, 4.69) is 168 Å². The highest BCUT2D eigenvalue weighted by Gasteiger charge is 2.23. The summed E-state index contributed by atoms with van der Waals surface area (Å²) in [6.07, 6.45) is 0. The van der Waals surface area contributed by atoms with Crippen molar-refractivity contribution < 1.29 is 0 Å². The Balaban J connectivity index is 1.26. The Morgan fingerprint density at radius 3 is 1.77 bits per heavy atom. The van der Waals surface area contributed by atoms with E-state index in [1.807, 2.05) is 29.5 Å². The lowest BCUT2D eigenvalue weighted by atomic mass is 9.96. The Morgan fingerprint density at radius 2 is 0.964 bits per heavy atom. The first-order chi connectivity index (χ1) is 27.8. The Labute approximate surface area is 325 Å². The molecule has 0 saturated heterocycles. The zero-order valence-electron chi connectivity index (χ0n) is 30.0. The van der Waals surface area contributed by atoms with E-state index in [1.165, 1.54) is 47.1 Å². The highest BCUT2D eigenvalue weighted by Crippen LogP contribution is 2.47. The van der Waals surface area contributed by atoms with Crippen molar-refractivity contribution in [2.45, 2.75) is 0 Å². The summed E-state index contributed by atoms with van der Waals surface area (Å²) in [6, 6.07) is 64.8. The second-order valence-electron chi connectivity index (χ2n) is 14.3. The molecule has 0 radical (unpaired) electrons. The molecule has 3 heterocycles. The fourth-order valence-electron chi connectivity index (χ4n) is 8.75. The zero-order valence-corrected chi connectivity index (χ0v) is 30.8. The van der Waals surface area contributed by atoms with Gasteiger partial charge in [-0.15, -0.1) is 11.3 Å². The van der Waals surface area contributed by atoms with Crippen LogP contribution >= 0.6 is 11.3 Å². The highest BCUT2D eigenvalue weighted by molar-refractivity contribution is 7.26. The molecule has 0 amide bonds. The van der Waals surface area contributed by atoms with Crippen LogP contribution in [0.25, 0.3) is 114 Å². The molecule has 0 fully saturated rings. The summed E-state index contributed by atoms with van der Waals surface area (Å²) in [6.45, 7) is 0. The molecular formula is C51H30N4S. The van der Waals surface area contributed by atoms with Crippen molar-refractivity contribution in [2.75, 3.05) is 0 Å². The molecule has 0 saturated carbocycles. The molecule has 9 aromatic carbocycles. The molecule has 0 aliphatic carbocycles.